The van der Waals surface area contributed by atoms with E-state index in [-0.39, 0.29) is 0 Å². The summed E-state index contributed by atoms with van der Waals surface area (Å²) in [6.07, 6.45) is 2.88. The quantitative estimate of drug-likeness (QED) is 0.836. The van der Waals surface area contributed by atoms with E-state index < -0.39 is 0 Å². The molecule has 1 saturated heterocycles. The minimum atomic E-state index is 0.297. The van der Waals surface area contributed by atoms with E-state index in [4.69, 9.17) is 0 Å². The summed E-state index contributed by atoms with van der Waals surface area (Å²) in [4.78, 5) is 16.4. The first-order valence-corrected chi connectivity index (χ1v) is 8.34. The number of nitrogens with one attached hydrogen (secondary N) is 1. The van der Waals surface area contributed by atoms with Gasteiger partial charge in [-0.2, -0.15) is 0 Å². The van der Waals surface area contributed by atoms with Crippen LogP contribution in [0.15, 0.2) is 30.3 Å². The van der Waals surface area contributed by atoms with Gasteiger partial charge >= 0.3 is 0 Å². The van der Waals surface area contributed by atoms with Gasteiger partial charge in [-0.05, 0) is 38.4 Å². The number of rotatable bonds is 7. The van der Waals surface area contributed by atoms with E-state index in [1.807, 2.05) is 11.9 Å². The molecule has 1 aromatic carbocycles. The summed E-state index contributed by atoms with van der Waals surface area (Å²) in [7, 11) is 4.08. The maximum atomic E-state index is 12.0. The van der Waals surface area contributed by atoms with Crippen LogP contribution in [0.5, 0.6) is 0 Å². The standard InChI is InChI=1S/C18H29N3O/c1-19-11-8-18(22)21-12-9-17(10-13-21)15-20(2)14-16-6-4-3-5-7-16/h3-7,17,19H,8-15H2,1-2H3. The van der Waals surface area contributed by atoms with Crippen molar-refractivity contribution >= 4 is 5.91 Å². The van der Waals surface area contributed by atoms with Crippen LogP contribution in [-0.2, 0) is 11.3 Å². The monoisotopic (exact) mass is 303 g/mol. The number of likely N-dealkylation sites (tertiary alicyclic amines) is 1. The summed E-state index contributed by atoms with van der Waals surface area (Å²) in [6, 6.07) is 10.6. The lowest BCUT2D eigenvalue weighted by Gasteiger charge is -2.34. The number of nitrogens with zero attached hydrogens (tertiary/aromatic N) is 2. The van der Waals surface area contributed by atoms with Crippen LogP contribution in [0.3, 0.4) is 0 Å². The van der Waals surface area contributed by atoms with Crippen LogP contribution in [0.1, 0.15) is 24.8 Å². The maximum absolute atomic E-state index is 12.0. The predicted molar refractivity (Wildman–Crippen MR) is 90.6 cm³/mol. The van der Waals surface area contributed by atoms with Gasteiger partial charge < -0.3 is 15.1 Å². The fraction of sp³-hybridized carbons (Fsp3) is 0.611. The van der Waals surface area contributed by atoms with Crippen molar-refractivity contribution in [2.24, 2.45) is 5.92 Å². The number of carbonyl (C=O) groups excluding carboxylic acids is 1. The Hall–Kier alpha value is -1.39. The van der Waals surface area contributed by atoms with Gasteiger partial charge in [-0.25, -0.2) is 0 Å². The average molecular weight is 303 g/mol. The van der Waals surface area contributed by atoms with Gasteiger partial charge in [-0.15, -0.1) is 0 Å². The highest BCUT2D eigenvalue weighted by atomic mass is 16.2. The molecular formula is C18H29N3O. The van der Waals surface area contributed by atoms with Crippen LogP contribution in [0.4, 0.5) is 0 Å². The van der Waals surface area contributed by atoms with Gasteiger partial charge in [0.1, 0.15) is 0 Å². The van der Waals surface area contributed by atoms with Gasteiger partial charge in [0.25, 0.3) is 0 Å². The van der Waals surface area contributed by atoms with Crippen molar-refractivity contribution in [2.45, 2.75) is 25.8 Å². The number of amides is 1. The van der Waals surface area contributed by atoms with E-state index in [1.165, 1.54) is 5.56 Å². The number of hydrogen-bond acceptors (Lipinski definition) is 3. The first kappa shape index (κ1) is 17.0. The zero-order chi connectivity index (χ0) is 15.8. The van der Waals surface area contributed by atoms with Crippen molar-refractivity contribution in [2.75, 3.05) is 40.3 Å². The molecule has 0 bridgehead atoms. The Labute approximate surface area is 134 Å². The van der Waals surface area contributed by atoms with E-state index >= 15 is 0 Å². The lowest BCUT2D eigenvalue weighted by molar-refractivity contribution is -0.132. The Bertz CT molecular complexity index is 441. The molecule has 1 aliphatic heterocycles. The molecule has 122 valence electrons. The SMILES string of the molecule is CNCCC(=O)N1CCC(CN(C)Cc2ccccc2)CC1. The normalized spacial score (nSPS) is 16.2. The molecule has 22 heavy (non-hydrogen) atoms. The van der Waals surface area contributed by atoms with Crippen molar-refractivity contribution in [3.05, 3.63) is 35.9 Å². The maximum Gasteiger partial charge on any atom is 0.223 e. The molecular weight excluding hydrogens is 274 g/mol. The molecule has 2 rings (SSSR count). The summed E-state index contributed by atoms with van der Waals surface area (Å²) in [5.41, 5.74) is 1.37. The fourth-order valence-corrected chi connectivity index (χ4v) is 3.16. The topological polar surface area (TPSA) is 35.6 Å². The summed E-state index contributed by atoms with van der Waals surface area (Å²) in [5, 5.41) is 3.04. The molecule has 0 atom stereocenters. The Morgan fingerprint density at radius 2 is 1.95 bits per heavy atom. The lowest BCUT2D eigenvalue weighted by Crippen LogP contribution is -2.41. The van der Waals surface area contributed by atoms with E-state index in [1.54, 1.807) is 0 Å². The third-order valence-corrected chi connectivity index (χ3v) is 4.42. The summed E-state index contributed by atoms with van der Waals surface area (Å²) in [6.45, 7) is 4.74. The molecule has 1 aliphatic rings. The number of piperidine rings is 1. The van der Waals surface area contributed by atoms with E-state index in [0.717, 1.165) is 45.6 Å². The van der Waals surface area contributed by atoms with Gasteiger partial charge in [0.2, 0.25) is 5.91 Å². The molecule has 0 radical (unpaired) electrons. The summed E-state index contributed by atoms with van der Waals surface area (Å²) < 4.78 is 0. The molecule has 4 heteroatoms. The smallest absolute Gasteiger partial charge is 0.223 e. The van der Waals surface area contributed by atoms with Crippen LogP contribution < -0.4 is 5.32 Å². The highest BCUT2D eigenvalue weighted by molar-refractivity contribution is 5.76. The Kier molecular flexibility index (Phi) is 6.87. The number of hydrogen-bond donors (Lipinski definition) is 1. The van der Waals surface area contributed by atoms with E-state index in [2.05, 4.69) is 47.6 Å². The first-order chi connectivity index (χ1) is 10.7. The average Bonchev–Trinajstić information content (AvgIpc) is 2.54. The van der Waals surface area contributed by atoms with Crippen LogP contribution in [0.25, 0.3) is 0 Å². The first-order valence-electron chi connectivity index (χ1n) is 8.34. The van der Waals surface area contributed by atoms with Gasteiger partial charge in [0.05, 0.1) is 0 Å². The molecule has 4 nitrogen and oxygen atoms in total. The second kappa shape index (κ2) is 8.91. The molecule has 1 heterocycles. The molecule has 0 spiro atoms. The van der Waals surface area contributed by atoms with Crippen molar-refractivity contribution in [1.29, 1.82) is 0 Å². The molecule has 0 aliphatic carbocycles. The highest BCUT2D eigenvalue weighted by Crippen LogP contribution is 2.19. The van der Waals surface area contributed by atoms with Crippen molar-refractivity contribution in [1.82, 2.24) is 15.1 Å². The highest BCUT2D eigenvalue weighted by Gasteiger charge is 2.23. The van der Waals surface area contributed by atoms with Crippen molar-refractivity contribution in [3.8, 4) is 0 Å². The van der Waals surface area contributed by atoms with E-state index in [9.17, 15) is 4.79 Å². The number of carbonyl (C=O) groups is 1. The lowest BCUT2D eigenvalue weighted by atomic mass is 9.96. The fourth-order valence-electron chi connectivity index (χ4n) is 3.16. The second-order valence-corrected chi connectivity index (χ2v) is 6.36. The third-order valence-electron chi connectivity index (χ3n) is 4.42. The zero-order valence-corrected chi connectivity index (χ0v) is 13.9. The van der Waals surface area contributed by atoms with Crippen LogP contribution in [0.2, 0.25) is 0 Å². The zero-order valence-electron chi connectivity index (χ0n) is 13.9. The minimum Gasteiger partial charge on any atom is -0.343 e. The van der Waals surface area contributed by atoms with Crippen LogP contribution in [0, 0.1) is 5.92 Å². The van der Waals surface area contributed by atoms with Crippen molar-refractivity contribution in [3.63, 3.8) is 0 Å². The molecule has 0 unspecified atom stereocenters. The van der Waals surface area contributed by atoms with Crippen molar-refractivity contribution < 1.29 is 4.79 Å². The molecule has 1 N–H and O–H groups in total. The predicted octanol–water partition coefficient (Wildman–Crippen LogP) is 1.97. The molecule has 1 fully saturated rings. The number of benzene rings is 1. The largest absolute Gasteiger partial charge is 0.343 e. The van der Waals surface area contributed by atoms with E-state index in [0.29, 0.717) is 18.2 Å². The van der Waals surface area contributed by atoms with Gasteiger partial charge in [0, 0.05) is 39.1 Å². The summed E-state index contributed by atoms with van der Waals surface area (Å²) in [5.74, 6) is 1.01. The molecule has 0 saturated carbocycles. The van der Waals surface area contributed by atoms with Gasteiger partial charge in [0.15, 0.2) is 0 Å². The van der Waals surface area contributed by atoms with Gasteiger partial charge in [-0.3, -0.25) is 4.79 Å². The molecule has 1 aromatic rings. The summed E-state index contributed by atoms with van der Waals surface area (Å²) >= 11 is 0. The van der Waals surface area contributed by atoms with Crippen LogP contribution in [-0.4, -0.2) is 56.0 Å². The Balaban J connectivity index is 1.69. The third kappa shape index (κ3) is 5.43. The molecule has 0 aromatic heterocycles. The Morgan fingerprint density at radius 3 is 2.59 bits per heavy atom. The van der Waals surface area contributed by atoms with Gasteiger partial charge in [-0.1, -0.05) is 30.3 Å². The molecule has 1 amide bonds. The minimum absolute atomic E-state index is 0.297. The Morgan fingerprint density at radius 1 is 1.27 bits per heavy atom. The van der Waals surface area contributed by atoms with Crippen LogP contribution >= 0.6 is 0 Å². The second-order valence-electron chi connectivity index (χ2n) is 6.36.